The first kappa shape index (κ1) is 11.9. The minimum absolute atomic E-state index is 0.0973. The van der Waals surface area contributed by atoms with E-state index >= 15 is 0 Å². The first-order valence-electron chi connectivity index (χ1n) is 6.29. The van der Waals surface area contributed by atoms with Gasteiger partial charge in [-0.25, -0.2) is 0 Å². The lowest BCUT2D eigenvalue weighted by atomic mass is 10.2. The van der Waals surface area contributed by atoms with Crippen LogP contribution in [0.2, 0.25) is 0 Å². The number of ether oxygens (including phenoxy) is 1. The molecule has 2 unspecified atom stereocenters. The van der Waals surface area contributed by atoms with Crippen molar-refractivity contribution in [2.75, 3.05) is 20.2 Å². The normalized spacial score (nSPS) is 27.1. The van der Waals surface area contributed by atoms with E-state index in [2.05, 4.69) is 10.2 Å². The molecule has 2 fully saturated rings. The zero-order valence-corrected chi connectivity index (χ0v) is 10.2. The summed E-state index contributed by atoms with van der Waals surface area (Å²) >= 11 is 0. The molecule has 2 atom stereocenters. The van der Waals surface area contributed by atoms with Crippen molar-refractivity contribution in [1.82, 2.24) is 10.2 Å². The Morgan fingerprint density at radius 3 is 2.75 bits per heavy atom. The molecule has 0 radical (unpaired) electrons. The molecule has 1 saturated carbocycles. The monoisotopic (exact) mass is 226 g/mol. The minimum Gasteiger partial charge on any atom is -0.468 e. The zero-order chi connectivity index (χ0) is 11.5. The van der Waals surface area contributed by atoms with Gasteiger partial charge < -0.3 is 10.1 Å². The van der Waals surface area contributed by atoms with Gasteiger partial charge in [0.15, 0.2) is 0 Å². The maximum atomic E-state index is 11.6. The van der Waals surface area contributed by atoms with E-state index in [0.29, 0.717) is 12.1 Å². The van der Waals surface area contributed by atoms with Gasteiger partial charge in [-0.3, -0.25) is 9.69 Å². The molecule has 0 aromatic heterocycles. The third kappa shape index (κ3) is 2.74. The van der Waals surface area contributed by atoms with E-state index in [-0.39, 0.29) is 12.0 Å². The number of hydrogen-bond acceptors (Lipinski definition) is 4. The topological polar surface area (TPSA) is 41.6 Å². The van der Waals surface area contributed by atoms with Crippen molar-refractivity contribution < 1.29 is 9.53 Å². The molecule has 0 aromatic carbocycles. The number of carbonyl (C=O) groups is 1. The number of nitrogens with zero attached hydrogens (tertiary/aromatic N) is 1. The summed E-state index contributed by atoms with van der Waals surface area (Å²) in [6, 6.07) is 1.07. The fraction of sp³-hybridized carbons (Fsp3) is 0.917. The maximum Gasteiger partial charge on any atom is 0.322 e. The molecule has 4 nitrogen and oxygen atoms in total. The fourth-order valence-corrected chi connectivity index (χ4v) is 2.50. The summed E-state index contributed by atoms with van der Waals surface area (Å²) in [7, 11) is 1.47. The Hall–Kier alpha value is -0.610. The first-order valence-corrected chi connectivity index (χ1v) is 6.29. The van der Waals surface area contributed by atoms with Crippen LogP contribution < -0.4 is 5.32 Å². The molecule has 0 bridgehead atoms. The van der Waals surface area contributed by atoms with Gasteiger partial charge in [0.25, 0.3) is 0 Å². The van der Waals surface area contributed by atoms with Crippen LogP contribution in [-0.4, -0.2) is 49.2 Å². The number of carbonyl (C=O) groups excluding carboxylic acids is 1. The molecular weight excluding hydrogens is 204 g/mol. The standard InChI is InChI=1S/C12H22N2O2/c1-9(12(15)16-2)14(11-5-6-11)8-10-4-3-7-13-10/h9-11,13H,3-8H2,1-2H3. The van der Waals surface area contributed by atoms with Crippen molar-refractivity contribution in [3.63, 3.8) is 0 Å². The van der Waals surface area contributed by atoms with Crippen molar-refractivity contribution >= 4 is 5.97 Å². The molecule has 0 spiro atoms. The minimum atomic E-state index is -0.107. The van der Waals surface area contributed by atoms with Gasteiger partial charge in [-0.1, -0.05) is 0 Å². The SMILES string of the molecule is COC(=O)C(C)N(CC1CCCN1)C1CC1. The van der Waals surface area contributed by atoms with Crippen molar-refractivity contribution in [3.05, 3.63) is 0 Å². The Morgan fingerprint density at radius 2 is 2.25 bits per heavy atom. The van der Waals surface area contributed by atoms with Crippen LogP contribution in [0.25, 0.3) is 0 Å². The number of hydrogen-bond donors (Lipinski definition) is 1. The van der Waals surface area contributed by atoms with Crippen LogP contribution in [0.3, 0.4) is 0 Å². The second-order valence-electron chi connectivity index (χ2n) is 4.92. The lowest BCUT2D eigenvalue weighted by molar-refractivity contribution is -0.146. The van der Waals surface area contributed by atoms with Crippen LogP contribution >= 0.6 is 0 Å². The smallest absolute Gasteiger partial charge is 0.322 e. The van der Waals surface area contributed by atoms with Crippen LogP contribution in [0.1, 0.15) is 32.6 Å². The van der Waals surface area contributed by atoms with Gasteiger partial charge in [0.05, 0.1) is 7.11 Å². The van der Waals surface area contributed by atoms with Gasteiger partial charge in [0.2, 0.25) is 0 Å². The van der Waals surface area contributed by atoms with Crippen LogP contribution in [0, 0.1) is 0 Å². The van der Waals surface area contributed by atoms with E-state index in [1.807, 2.05) is 6.92 Å². The van der Waals surface area contributed by atoms with Gasteiger partial charge >= 0.3 is 5.97 Å². The molecular formula is C12H22N2O2. The quantitative estimate of drug-likeness (QED) is 0.703. The van der Waals surface area contributed by atoms with E-state index in [1.165, 1.54) is 32.8 Å². The van der Waals surface area contributed by atoms with Crippen molar-refractivity contribution in [2.45, 2.75) is 50.7 Å². The molecule has 0 amide bonds. The van der Waals surface area contributed by atoms with Crippen LogP contribution in [0.5, 0.6) is 0 Å². The molecule has 1 aliphatic heterocycles. The molecule has 1 saturated heterocycles. The molecule has 4 heteroatoms. The van der Waals surface area contributed by atoms with Crippen molar-refractivity contribution in [1.29, 1.82) is 0 Å². The van der Waals surface area contributed by atoms with Gasteiger partial charge in [-0.15, -0.1) is 0 Å². The molecule has 0 aromatic rings. The summed E-state index contributed by atoms with van der Waals surface area (Å²) in [6.45, 7) is 4.07. The number of nitrogens with one attached hydrogen (secondary N) is 1. The van der Waals surface area contributed by atoms with Crippen molar-refractivity contribution in [3.8, 4) is 0 Å². The third-order valence-electron chi connectivity index (χ3n) is 3.65. The molecule has 1 aliphatic carbocycles. The van der Waals surface area contributed by atoms with E-state index in [9.17, 15) is 4.79 Å². The lowest BCUT2D eigenvalue weighted by Gasteiger charge is -2.29. The number of rotatable bonds is 5. The molecule has 1 heterocycles. The Morgan fingerprint density at radius 1 is 1.50 bits per heavy atom. The zero-order valence-electron chi connectivity index (χ0n) is 10.2. The van der Waals surface area contributed by atoms with E-state index in [0.717, 1.165) is 13.1 Å². The van der Waals surface area contributed by atoms with Crippen molar-refractivity contribution in [2.24, 2.45) is 0 Å². The largest absolute Gasteiger partial charge is 0.468 e. The molecule has 2 rings (SSSR count). The van der Waals surface area contributed by atoms with Crippen LogP contribution in [-0.2, 0) is 9.53 Å². The maximum absolute atomic E-state index is 11.6. The van der Waals surface area contributed by atoms with E-state index in [4.69, 9.17) is 4.74 Å². The lowest BCUT2D eigenvalue weighted by Crippen LogP contribution is -2.47. The predicted octanol–water partition coefficient (Wildman–Crippen LogP) is 0.764. The number of methoxy groups -OCH3 is 1. The highest BCUT2D eigenvalue weighted by Crippen LogP contribution is 2.29. The molecule has 92 valence electrons. The third-order valence-corrected chi connectivity index (χ3v) is 3.65. The highest BCUT2D eigenvalue weighted by Gasteiger charge is 2.36. The fourth-order valence-electron chi connectivity index (χ4n) is 2.50. The van der Waals surface area contributed by atoms with E-state index < -0.39 is 0 Å². The molecule has 16 heavy (non-hydrogen) atoms. The van der Waals surface area contributed by atoms with Gasteiger partial charge in [0.1, 0.15) is 6.04 Å². The molecule has 2 aliphatic rings. The van der Waals surface area contributed by atoms with Crippen LogP contribution in [0.4, 0.5) is 0 Å². The Labute approximate surface area is 97.3 Å². The average molecular weight is 226 g/mol. The summed E-state index contributed by atoms with van der Waals surface area (Å²) < 4.78 is 4.83. The Balaban J connectivity index is 1.90. The Kier molecular flexibility index (Phi) is 3.82. The average Bonchev–Trinajstić information content (AvgIpc) is 3.01. The summed E-state index contributed by atoms with van der Waals surface area (Å²) in [5, 5.41) is 3.49. The van der Waals surface area contributed by atoms with Gasteiger partial charge in [0, 0.05) is 18.6 Å². The van der Waals surface area contributed by atoms with Gasteiger partial charge in [-0.05, 0) is 39.2 Å². The second-order valence-corrected chi connectivity index (χ2v) is 4.92. The predicted molar refractivity (Wildman–Crippen MR) is 62.2 cm³/mol. The summed E-state index contributed by atoms with van der Waals surface area (Å²) in [4.78, 5) is 13.9. The summed E-state index contributed by atoms with van der Waals surface area (Å²) in [5.74, 6) is -0.107. The first-order chi connectivity index (χ1) is 7.72. The van der Waals surface area contributed by atoms with Crippen LogP contribution in [0.15, 0.2) is 0 Å². The number of esters is 1. The highest BCUT2D eigenvalue weighted by molar-refractivity contribution is 5.75. The Bertz CT molecular complexity index is 247. The van der Waals surface area contributed by atoms with Gasteiger partial charge in [-0.2, -0.15) is 0 Å². The summed E-state index contributed by atoms with van der Waals surface area (Å²) in [5.41, 5.74) is 0. The van der Waals surface area contributed by atoms with E-state index in [1.54, 1.807) is 0 Å². The molecule has 1 N–H and O–H groups in total. The highest BCUT2D eigenvalue weighted by atomic mass is 16.5. The summed E-state index contributed by atoms with van der Waals surface area (Å²) in [6.07, 6.45) is 4.95. The second kappa shape index (κ2) is 5.15.